The number of nitrogens with zero attached hydrogens (tertiary/aromatic N) is 2. The molecule has 0 radical (unpaired) electrons. The highest BCUT2D eigenvalue weighted by molar-refractivity contribution is 6.33. The van der Waals surface area contributed by atoms with Crippen molar-refractivity contribution in [2.45, 2.75) is 33.4 Å². The van der Waals surface area contributed by atoms with Crippen LogP contribution in [-0.4, -0.2) is 22.3 Å². The van der Waals surface area contributed by atoms with Gasteiger partial charge in [0.15, 0.2) is 0 Å². The van der Waals surface area contributed by atoms with E-state index in [0.29, 0.717) is 29.6 Å². The van der Waals surface area contributed by atoms with Crippen molar-refractivity contribution in [3.63, 3.8) is 0 Å². The molecule has 0 aliphatic rings. The maximum absolute atomic E-state index is 12.8. The lowest BCUT2D eigenvalue weighted by molar-refractivity contribution is 0.0939. The molecule has 1 unspecified atom stereocenters. The van der Waals surface area contributed by atoms with Gasteiger partial charge in [0.25, 0.3) is 5.91 Å². The van der Waals surface area contributed by atoms with Gasteiger partial charge in [-0.05, 0) is 44.0 Å². The molecule has 6 heteroatoms. The zero-order chi connectivity index (χ0) is 20.1. The van der Waals surface area contributed by atoms with Crippen molar-refractivity contribution < 1.29 is 9.53 Å². The average Bonchev–Trinajstić information content (AvgIpc) is 2.96. The van der Waals surface area contributed by atoms with Gasteiger partial charge in [0.2, 0.25) is 0 Å². The molecule has 146 valence electrons. The van der Waals surface area contributed by atoms with Crippen LogP contribution in [0.15, 0.2) is 54.6 Å². The molecule has 3 rings (SSSR count). The Kier molecular flexibility index (Phi) is 6.37. The summed E-state index contributed by atoms with van der Waals surface area (Å²) in [6.07, 6.45) is 0. The minimum absolute atomic E-state index is 0.170. The minimum Gasteiger partial charge on any atom is -0.494 e. The third-order valence-electron chi connectivity index (χ3n) is 4.51. The van der Waals surface area contributed by atoms with Crippen molar-refractivity contribution in [1.82, 2.24) is 15.1 Å². The number of rotatable bonds is 7. The minimum atomic E-state index is -0.233. The molecule has 1 amide bonds. The number of nitrogens with one attached hydrogen (secondary N) is 1. The summed E-state index contributed by atoms with van der Waals surface area (Å²) >= 11 is 6.48. The van der Waals surface area contributed by atoms with Gasteiger partial charge in [-0.3, -0.25) is 4.79 Å². The molecule has 28 heavy (non-hydrogen) atoms. The Balaban J connectivity index is 1.73. The van der Waals surface area contributed by atoms with Crippen LogP contribution in [0.4, 0.5) is 0 Å². The van der Waals surface area contributed by atoms with Gasteiger partial charge in [0.05, 0.1) is 30.5 Å². The van der Waals surface area contributed by atoms with Crippen molar-refractivity contribution >= 4 is 17.5 Å². The summed E-state index contributed by atoms with van der Waals surface area (Å²) in [5.74, 6) is 0.578. The number of carbonyl (C=O) groups excluding carboxylic acids is 1. The molecule has 2 aromatic carbocycles. The van der Waals surface area contributed by atoms with E-state index in [1.54, 1.807) is 11.6 Å². The van der Waals surface area contributed by atoms with Crippen LogP contribution in [0.2, 0.25) is 5.15 Å². The van der Waals surface area contributed by atoms with Gasteiger partial charge in [-0.25, -0.2) is 4.68 Å². The number of aromatic nitrogens is 2. The van der Waals surface area contributed by atoms with E-state index in [-0.39, 0.29) is 11.9 Å². The zero-order valence-corrected chi connectivity index (χ0v) is 17.0. The van der Waals surface area contributed by atoms with Crippen LogP contribution in [-0.2, 0) is 6.54 Å². The number of aryl methyl sites for hydroxylation is 1. The van der Waals surface area contributed by atoms with Gasteiger partial charge in [-0.15, -0.1) is 0 Å². The number of hydrogen-bond acceptors (Lipinski definition) is 3. The average molecular weight is 398 g/mol. The summed E-state index contributed by atoms with van der Waals surface area (Å²) in [5, 5.41) is 7.80. The molecule has 1 aromatic heterocycles. The Labute approximate surface area is 170 Å². The standard InChI is InChI=1S/C22H24ClN3O2/c1-4-28-19-12-10-18(11-13-19)15(2)24-22(27)20-16(3)25-26(21(20)23)14-17-8-6-5-7-9-17/h5-13,15H,4,14H2,1-3H3,(H,24,27). The Bertz CT molecular complexity index is 936. The number of benzene rings is 2. The second kappa shape index (κ2) is 8.93. The summed E-state index contributed by atoms with van der Waals surface area (Å²) in [7, 11) is 0. The SMILES string of the molecule is CCOc1ccc(C(C)NC(=O)c2c(C)nn(Cc3ccccc3)c2Cl)cc1. The molecule has 0 bridgehead atoms. The van der Waals surface area contributed by atoms with Crippen LogP contribution in [0, 0.1) is 6.92 Å². The van der Waals surface area contributed by atoms with Gasteiger partial charge in [0.1, 0.15) is 10.9 Å². The van der Waals surface area contributed by atoms with Crippen LogP contribution in [0.5, 0.6) is 5.75 Å². The molecular formula is C22H24ClN3O2. The molecule has 0 spiro atoms. The van der Waals surface area contributed by atoms with E-state index < -0.39 is 0 Å². The largest absolute Gasteiger partial charge is 0.494 e. The number of hydrogen-bond donors (Lipinski definition) is 1. The topological polar surface area (TPSA) is 56.1 Å². The molecule has 0 aliphatic carbocycles. The molecule has 1 heterocycles. The van der Waals surface area contributed by atoms with Gasteiger partial charge >= 0.3 is 0 Å². The van der Waals surface area contributed by atoms with Crippen LogP contribution >= 0.6 is 11.6 Å². The van der Waals surface area contributed by atoms with E-state index in [4.69, 9.17) is 16.3 Å². The molecule has 0 saturated heterocycles. The van der Waals surface area contributed by atoms with Crippen molar-refractivity contribution in [2.24, 2.45) is 0 Å². The molecular weight excluding hydrogens is 374 g/mol. The van der Waals surface area contributed by atoms with E-state index in [2.05, 4.69) is 10.4 Å². The van der Waals surface area contributed by atoms with Crippen LogP contribution in [0.1, 0.15) is 47.1 Å². The Morgan fingerprint density at radius 2 is 1.86 bits per heavy atom. The molecule has 3 aromatic rings. The van der Waals surface area contributed by atoms with Crippen molar-refractivity contribution in [2.75, 3.05) is 6.61 Å². The van der Waals surface area contributed by atoms with E-state index in [1.165, 1.54) is 0 Å². The summed E-state index contributed by atoms with van der Waals surface area (Å²) in [6.45, 7) is 6.81. The molecule has 5 nitrogen and oxygen atoms in total. The van der Waals surface area contributed by atoms with Gasteiger partial charge in [-0.2, -0.15) is 5.10 Å². The lowest BCUT2D eigenvalue weighted by atomic mass is 10.1. The molecule has 0 saturated carbocycles. The first kappa shape index (κ1) is 20.0. The number of halogens is 1. The monoisotopic (exact) mass is 397 g/mol. The highest BCUT2D eigenvalue weighted by Crippen LogP contribution is 2.23. The third-order valence-corrected chi connectivity index (χ3v) is 4.89. The Hall–Kier alpha value is -2.79. The Morgan fingerprint density at radius 1 is 1.18 bits per heavy atom. The second-order valence-electron chi connectivity index (χ2n) is 6.59. The van der Waals surface area contributed by atoms with E-state index in [0.717, 1.165) is 16.9 Å². The van der Waals surface area contributed by atoms with E-state index in [9.17, 15) is 4.79 Å². The van der Waals surface area contributed by atoms with Crippen LogP contribution in [0.3, 0.4) is 0 Å². The highest BCUT2D eigenvalue weighted by Gasteiger charge is 2.22. The first-order chi connectivity index (χ1) is 13.5. The summed E-state index contributed by atoms with van der Waals surface area (Å²) in [5.41, 5.74) is 3.08. The van der Waals surface area contributed by atoms with E-state index >= 15 is 0 Å². The second-order valence-corrected chi connectivity index (χ2v) is 6.95. The van der Waals surface area contributed by atoms with Crippen molar-refractivity contribution in [1.29, 1.82) is 0 Å². The smallest absolute Gasteiger partial charge is 0.256 e. The number of ether oxygens (including phenoxy) is 1. The predicted octanol–water partition coefficient (Wildman–Crippen LogP) is 4.78. The Morgan fingerprint density at radius 3 is 2.50 bits per heavy atom. The number of carbonyl (C=O) groups is 1. The fraction of sp³-hybridized carbons (Fsp3) is 0.273. The predicted molar refractivity (Wildman–Crippen MR) is 111 cm³/mol. The van der Waals surface area contributed by atoms with Crippen LogP contribution < -0.4 is 10.1 Å². The van der Waals surface area contributed by atoms with E-state index in [1.807, 2.05) is 68.4 Å². The quantitative estimate of drug-likeness (QED) is 0.624. The molecule has 1 atom stereocenters. The van der Waals surface area contributed by atoms with Crippen LogP contribution in [0.25, 0.3) is 0 Å². The zero-order valence-electron chi connectivity index (χ0n) is 16.3. The van der Waals surface area contributed by atoms with Gasteiger partial charge in [-0.1, -0.05) is 54.1 Å². The first-order valence-corrected chi connectivity index (χ1v) is 9.67. The first-order valence-electron chi connectivity index (χ1n) is 9.30. The third kappa shape index (κ3) is 4.54. The lowest BCUT2D eigenvalue weighted by Crippen LogP contribution is -2.27. The fourth-order valence-electron chi connectivity index (χ4n) is 3.04. The van der Waals surface area contributed by atoms with Crippen molar-refractivity contribution in [3.8, 4) is 5.75 Å². The van der Waals surface area contributed by atoms with Gasteiger partial charge < -0.3 is 10.1 Å². The summed E-state index contributed by atoms with van der Waals surface area (Å²) in [4.78, 5) is 12.8. The molecule has 0 aliphatic heterocycles. The normalized spacial score (nSPS) is 11.9. The summed E-state index contributed by atoms with van der Waals surface area (Å²) in [6, 6.07) is 17.4. The maximum atomic E-state index is 12.8. The molecule has 0 fully saturated rings. The summed E-state index contributed by atoms with van der Waals surface area (Å²) < 4.78 is 7.11. The highest BCUT2D eigenvalue weighted by atomic mass is 35.5. The van der Waals surface area contributed by atoms with Crippen molar-refractivity contribution in [3.05, 3.63) is 82.1 Å². The fourth-order valence-corrected chi connectivity index (χ4v) is 3.36. The lowest BCUT2D eigenvalue weighted by Gasteiger charge is -2.15. The maximum Gasteiger partial charge on any atom is 0.256 e. The van der Waals surface area contributed by atoms with Gasteiger partial charge in [0, 0.05) is 0 Å². The molecule has 1 N–H and O–H groups in total. The number of amides is 1.